The lowest BCUT2D eigenvalue weighted by atomic mass is 9.87. The van der Waals surface area contributed by atoms with Crippen LogP contribution in [0.25, 0.3) is 6.08 Å². The summed E-state index contributed by atoms with van der Waals surface area (Å²) in [6.45, 7) is 8.13. The van der Waals surface area contributed by atoms with E-state index >= 15 is 0 Å². The van der Waals surface area contributed by atoms with E-state index in [9.17, 15) is 9.59 Å². The smallest absolute Gasteiger partial charge is 0.363 e. The van der Waals surface area contributed by atoms with Gasteiger partial charge in [0.1, 0.15) is 0 Å². The maximum Gasteiger partial charge on any atom is 0.363 e. The molecule has 0 spiro atoms. The van der Waals surface area contributed by atoms with Gasteiger partial charge in [0.2, 0.25) is 5.90 Å². The summed E-state index contributed by atoms with van der Waals surface area (Å²) in [6.07, 6.45) is 1.86. The molecule has 1 aliphatic rings. The minimum absolute atomic E-state index is 0.0361. The number of carbonyl (C=O) groups is 2. The average Bonchev–Trinajstić information content (AvgIpc) is 3.08. The fourth-order valence-electron chi connectivity index (χ4n) is 2.86. The molecular weight excluding hydrogens is 382 g/mol. The van der Waals surface area contributed by atoms with Crippen LogP contribution in [0.15, 0.2) is 53.2 Å². The zero-order valence-corrected chi connectivity index (χ0v) is 17.8. The molecule has 0 N–H and O–H groups in total. The lowest BCUT2D eigenvalue weighted by Gasteiger charge is -2.18. The van der Waals surface area contributed by atoms with Crippen molar-refractivity contribution in [2.24, 2.45) is 4.99 Å². The maximum atomic E-state index is 12.3. The van der Waals surface area contributed by atoms with Crippen LogP contribution in [-0.2, 0) is 19.7 Å². The highest BCUT2D eigenvalue weighted by atomic mass is 16.6. The Morgan fingerprint density at radius 2 is 1.80 bits per heavy atom. The maximum absolute atomic E-state index is 12.3. The fraction of sp³-hybridized carbons (Fsp3) is 0.292. The van der Waals surface area contributed by atoms with Gasteiger partial charge in [0, 0.05) is 12.0 Å². The zero-order chi connectivity index (χ0) is 21.9. The summed E-state index contributed by atoms with van der Waals surface area (Å²) >= 11 is 0. The number of rotatable bonds is 5. The zero-order valence-electron chi connectivity index (χ0n) is 17.8. The average molecular weight is 407 g/mol. The topological polar surface area (TPSA) is 74.2 Å². The van der Waals surface area contributed by atoms with Gasteiger partial charge in [-0.05, 0) is 46.9 Å². The molecule has 156 valence electrons. The second-order valence-corrected chi connectivity index (χ2v) is 7.90. The molecule has 2 aromatic rings. The summed E-state index contributed by atoms with van der Waals surface area (Å²) in [6, 6.07) is 12.8. The van der Waals surface area contributed by atoms with Crippen LogP contribution in [0, 0.1) is 0 Å². The van der Waals surface area contributed by atoms with Crippen molar-refractivity contribution in [3.05, 3.63) is 64.9 Å². The van der Waals surface area contributed by atoms with Gasteiger partial charge in [-0.1, -0.05) is 45.9 Å². The summed E-state index contributed by atoms with van der Waals surface area (Å²) in [5.41, 5.74) is 2.81. The predicted octanol–water partition coefficient (Wildman–Crippen LogP) is 4.65. The van der Waals surface area contributed by atoms with Gasteiger partial charge >= 0.3 is 11.9 Å². The minimum Gasteiger partial charge on any atom is -0.493 e. The standard InChI is InChI=1S/C24H25NO5/c1-6-21(26)29-19-12-7-15(14-20(19)28-5)13-18-23(27)30-22(25-18)16-8-10-17(11-9-16)24(2,3)4/h7-14H,6H2,1-5H3/b18-13-. The molecule has 0 unspecified atom stereocenters. The van der Waals surface area contributed by atoms with Crippen molar-refractivity contribution in [3.63, 3.8) is 0 Å². The SMILES string of the molecule is CCC(=O)Oc1ccc(/C=C2\N=C(c3ccc(C(C)(C)C)cc3)OC2=O)cc1OC. The van der Waals surface area contributed by atoms with E-state index in [4.69, 9.17) is 14.2 Å². The Morgan fingerprint density at radius 1 is 1.10 bits per heavy atom. The van der Waals surface area contributed by atoms with Gasteiger partial charge in [-0.25, -0.2) is 9.79 Å². The first-order valence-electron chi connectivity index (χ1n) is 9.73. The van der Waals surface area contributed by atoms with E-state index < -0.39 is 5.97 Å². The Kier molecular flexibility index (Phi) is 6.06. The molecule has 0 fully saturated rings. The van der Waals surface area contributed by atoms with E-state index in [1.807, 2.05) is 24.3 Å². The van der Waals surface area contributed by atoms with Crippen molar-refractivity contribution in [2.75, 3.05) is 7.11 Å². The van der Waals surface area contributed by atoms with Crippen molar-refractivity contribution in [1.82, 2.24) is 0 Å². The van der Waals surface area contributed by atoms with Crippen LogP contribution < -0.4 is 9.47 Å². The molecule has 0 aliphatic carbocycles. The number of nitrogens with zero attached hydrogens (tertiary/aromatic N) is 1. The third-order valence-electron chi connectivity index (χ3n) is 4.62. The molecular formula is C24H25NO5. The van der Waals surface area contributed by atoms with Crippen molar-refractivity contribution < 1.29 is 23.8 Å². The molecule has 6 heteroatoms. The number of hydrogen-bond donors (Lipinski definition) is 0. The Hall–Kier alpha value is -3.41. The molecule has 6 nitrogen and oxygen atoms in total. The highest BCUT2D eigenvalue weighted by Crippen LogP contribution is 2.30. The number of ether oxygens (including phenoxy) is 3. The largest absolute Gasteiger partial charge is 0.493 e. The molecule has 30 heavy (non-hydrogen) atoms. The Bertz CT molecular complexity index is 1030. The molecule has 0 bridgehead atoms. The van der Waals surface area contributed by atoms with Crippen LogP contribution in [0.1, 0.15) is 50.8 Å². The van der Waals surface area contributed by atoms with Gasteiger partial charge < -0.3 is 14.2 Å². The molecule has 0 saturated heterocycles. The molecule has 0 amide bonds. The summed E-state index contributed by atoms with van der Waals surface area (Å²) in [4.78, 5) is 28.2. The lowest BCUT2D eigenvalue weighted by molar-refractivity contribution is -0.134. The van der Waals surface area contributed by atoms with Crippen molar-refractivity contribution in [2.45, 2.75) is 39.5 Å². The Morgan fingerprint density at radius 3 is 2.40 bits per heavy atom. The number of aliphatic imine (C=N–C) groups is 1. The number of carbonyl (C=O) groups excluding carboxylic acids is 2. The van der Waals surface area contributed by atoms with Crippen LogP contribution in [-0.4, -0.2) is 24.9 Å². The minimum atomic E-state index is -0.523. The van der Waals surface area contributed by atoms with Gasteiger partial charge in [0.15, 0.2) is 17.2 Å². The van der Waals surface area contributed by atoms with Crippen LogP contribution in [0.4, 0.5) is 0 Å². The Balaban J connectivity index is 1.86. The van der Waals surface area contributed by atoms with Crippen LogP contribution >= 0.6 is 0 Å². The van der Waals surface area contributed by atoms with E-state index in [2.05, 4.69) is 25.8 Å². The molecule has 1 aliphatic heterocycles. The summed E-state index contributed by atoms with van der Waals surface area (Å²) in [5, 5.41) is 0. The molecule has 0 aromatic heterocycles. The van der Waals surface area contributed by atoms with E-state index in [0.29, 0.717) is 17.1 Å². The molecule has 0 saturated carbocycles. The van der Waals surface area contributed by atoms with Gasteiger partial charge in [0.25, 0.3) is 0 Å². The number of cyclic esters (lactones) is 1. The van der Waals surface area contributed by atoms with E-state index in [0.717, 1.165) is 5.56 Å². The second kappa shape index (κ2) is 8.53. The van der Waals surface area contributed by atoms with Gasteiger partial charge in [0.05, 0.1) is 7.11 Å². The monoisotopic (exact) mass is 407 g/mol. The Labute approximate surface area is 176 Å². The van der Waals surface area contributed by atoms with Gasteiger partial charge in [-0.15, -0.1) is 0 Å². The predicted molar refractivity (Wildman–Crippen MR) is 115 cm³/mol. The van der Waals surface area contributed by atoms with E-state index in [1.54, 1.807) is 31.2 Å². The van der Waals surface area contributed by atoms with Crippen LogP contribution in [0.5, 0.6) is 11.5 Å². The number of methoxy groups -OCH3 is 1. The summed E-state index contributed by atoms with van der Waals surface area (Å²) < 4.78 is 15.9. The summed E-state index contributed by atoms with van der Waals surface area (Å²) in [7, 11) is 1.48. The molecule has 3 rings (SSSR count). The number of esters is 2. The van der Waals surface area contributed by atoms with Gasteiger partial charge in [-0.3, -0.25) is 4.79 Å². The normalized spacial score (nSPS) is 15.0. The molecule has 0 radical (unpaired) electrons. The number of hydrogen-bond acceptors (Lipinski definition) is 6. The third kappa shape index (κ3) is 4.76. The van der Waals surface area contributed by atoms with Crippen molar-refractivity contribution in [1.29, 1.82) is 0 Å². The molecule has 0 atom stereocenters. The van der Waals surface area contributed by atoms with Crippen molar-refractivity contribution in [3.8, 4) is 11.5 Å². The first-order valence-corrected chi connectivity index (χ1v) is 9.73. The van der Waals surface area contributed by atoms with E-state index in [1.165, 1.54) is 12.7 Å². The van der Waals surface area contributed by atoms with Crippen LogP contribution in [0.3, 0.4) is 0 Å². The summed E-state index contributed by atoms with van der Waals surface area (Å²) in [5.74, 6) is 0.103. The second-order valence-electron chi connectivity index (χ2n) is 7.90. The third-order valence-corrected chi connectivity index (χ3v) is 4.62. The van der Waals surface area contributed by atoms with Crippen LogP contribution in [0.2, 0.25) is 0 Å². The molecule has 2 aromatic carbocycles. The highest BCUT2D eigenvalue weighted by molar-refractivity contribution is 6.12. The van der Waals surface area contributed by atoms with Gasteiger partial charge in [-0.2, -0.15) is 0 Å². The quantitative estimate of drug-likeness (QED) is 0.410. The fourth-order valence-corrected chi connectivity index (χ4v) is 2.86. The highest BCUT2D eigenvalue weighted by Gasteiger charge is 2.25. The van der Waals surface area contributed by atoms with Crippen molar-refractivity contribution >= 4 is 23.9 Å². The first kappa shape index (κ1) is 21.3. The van der Waals surface area contributed by atoms with E-state index in [-0.39, 0.29) is 29.4 Å². The molecule has 1 heterocycles. The number of benzene rings is 2. The first-order chi connectivity index (χ1) is 14.2. The lowest BCUT2D eigenvalue weighted by Crippen LogP contribution is -2.11.